The van der Waals surface area contributed by atoms with Crippen LogP contribution in [0.3, 0.4) is 0 Å². The van der Waals surface area contributed by atoms with E-state index in [1.165, 1.54) is 12.8 Å². The minimum Gasteiger partial charge on any atom is -0.376 e. The topological polar surface area (TPSA) is 59.1 Å². The smallest absolute Gasteiger partial charge is 0.248 e. The number of carbonyl (C=O) groups excluding carboxylic acids is 2. The molecule has 2 saturated carbocycles. The molecule has 4 rings (SSSR count). The lowest BCUT2D eigenvalue weighted by Crippen LogP contribution is -2.61. The molecule has 146 valence electrons. The van der Waals surface area contributed by atoms with Crippen LogP contribution >= 0.6 is 0 Å². The van der Waals surface area contributed by atoms with Gasteiger partial charge < -0.3 is 19.3 Å². The quantitative estimate of drug-likeness (QED) is 0.765. The standard InChI is InChI=1S/C20H32N2O4/c1-15-2-6-17(7-3-15)19(24)21-8-9-25-14-20(12-21)13-22(10-16-4-5-16)18(23)11-26-20/h15-17H,2-14H2,1H3. The van der Waals surface area contributed by atoms with E-state index in [4.69, 9.17) is 9.47 Å². The first-order valence-corrected chi connectivity index (χ1v) is 10.3. The van der Waals surface area contributed by atoms with Gasteiger partial charge in [-0.25, -0.2) is 0 Å². The van der Waals surface area contributed by atoms with Gasteiger partial charge in [-0.2, -0.15) is 0 Å². The Balaban J connectivity index is 1.43. The molecule has 0 aromatic heterocycles. The Morgan fingerprint density at radius 3 is 2.65 bits per heavy atom. The van der Waals surface area contributed by atoms with Crippen LogP contribution in [0.2, 0.25) is 0 Å². The van der Waals surface area contributed by atoms with Crippen molar-refractivity contribution in [2.45, 2.75) is 51.0 Å². The fourth-order valence-corrected chi connectivity index (χ4v) is 4.61. The molecule has 0 radical (unpaired) electrons. The summed E-state index contributed by atoms with van der Waals surface area (Å²) in [5.74, 6) is 1.88. The summed E-state index contributed by atoms with van der Waals surface area (Å²) in [6.45, 7) is 5.96. The Morgan fingerprint density at radius 2 is 1.92 bits per heavy atom. The van der Waals surface area contributed by atoms with Gasteiger partial charge in [0.15, 0.2) is 0 Å². The van der Waals surface area contributed by atoms with E-state index >= 15 is 0 Å². The lowest BCUT2D eigenvalue weighted by atomic mass is 9.82. The molecule has 1 unspecified atom stereocenters. The molecule has 1 spiro atoms. The summed E-state index contributed by atoms with van der Waals surface area (Å²) in [5, 5.41) is 0. The molecule has 4 aliphatic rings. The molecule has 2 aliphatic heterocycles. The predicted molar refractivity (Wildman–Crippen MR) is 96.5 cm³/mol. The van der Waals surface area contributed by atoms with E-state index in [2.05, 4.69) is 6.92 Å². The van der Waals surface area contributed by atoms with Gasteiger partial charge in [-0.3, -0.25) is 9.59 Å². The lowest BCUT2D eigenvalue weighted by molar-refractivity contribution is -0.175. The third-order valence-electron chi connectivity index (χ3n) is 6.54. The van der Waals surface area contributed by atoms with E-state index in [0.29, 0.717) is 38.8 Å². The third kappa shape index (κ3) is 4.06. The predicted octanol–water partition coefficient (Wildman–Crippen LogP) is 1.68. The minimum absolute atomic E-state index is 0.0749. The van der Waals surface area contributed by atoms with E-state index < -0.39 is 5.60 Å². The summed E-state index contributed by atoms with van der Waals surface area (Å²) in [5.41, 5.74) is -0.559. The van der Waals surface area contributed by atoms with Crippen molar-refractivity contribution in [3.8, 4) is 0 Å². The molecule has 2 saturated heterocycles. The highest BCUT2D eigenvalue weighted by Crippen LogP contribution is 2.33. The number of hydrogen-bond donors (Lipinski definition) is 0. The van der Waals surface area contributed by atoms with E-state index in [1.54, 1.807) is 0 Å². The van der Waals surface area contributed by atoms with Crippen molar-refractivity contribution in [1.82, 2.24) is 9.80 Å². The molecular weight excluding hydrogens is 332 g/mol. The Bertz CT molecular complexity index is 542. The maximum absolute atomic E-state index is 13.1. The van der Waals surface area contributed by atoms with Crippen LogP contribution in [0.1, 0.15) is 45.4 Å². The van der Waals surface area contributed by atoms with Gasteiger partial charge in [0, 0.05) is 19.0 Å². The van der Waals surface area contributed by atoms with Gasteiger partial charge in [0.25, 0.3) is 0 Å². The van der Waals surface area contributed by atoms with Crippen molar-refractivity contribution in [3.05, 3.63) is 0 Å². The zero-order chi connectivity index (χ0) is 18.1. The highest BCUT2D eigenvalue weighted by Gasteiger charge is 2.45. The zero-order valence-electron chi connectivity index (χ0n) is 16.0. The van der Waals surface area contributed by atoms with E-state index in [1.807, 2.05) is 9.80 Å². The van der Waals surface area contributed by atoms with Crippen LogP contribution in [0.15, 0.2) is 0 Å². The second-order valence-corrected chi connectivity index (χ2v) is 8.96. The van der Waals surface area contributed by atoms with Crippen molar-refractivity contribution in [2.75, 3.05) is 46.0 Å². The summed E-state index contributed by atoms with van der Waals surface area (Å²) in [6.07, 6.45) is 6.73. The zero-order valence-corrected chi connectivity index (χ0v) is 16.0. The summed E-state index contributed by atoms with van der Waals surface area (Å²) in [7, 11) is 0. The monoisotopic (exact) mass is 364 g/mol. The van der Waals surface area contributed by atoms with E-state index in [-0.39, 0.29) is 24.3 Å². The Morgan fingerprint density at radius 1 is 1.15 bits per heavy atom. The van der Waals surface area contributed by atoms with Crippen molar-refractivity contribution in [1.29, 1.82) is 0 Å². The van der Waals surface area contributed by atoms with Crippen LogP contribution in [-0.4, -0.2) is 73.2 Å². The first-order chi connectivity index (χ1) is 12.5. The fourth-order valence-electron chi connectivity index (χ4n) is 4.61. The molecule has 0 bridgehead atoms. The normalized spacial score (nSPS) is 36.3. The van der Waals surface area contributed by atoms with Gasteiger partial charge in [0.05, 0.1) is 26.3 Å². The number of morpholine rings is 1. The first-order valence-electron chi connectivity index (χ1n) is 10.3. The summed E-state index contributed by atoms with van der Waals surface area (Å²) >= 11 is 0. The largest absolute Gasteiger partial charge is 0.376 e. The van der Waals surface area contributed by atoms with Gasteiger partial charge in [0.2, 0.25) is 11.8 Å². The average molecular weight is 364 g/mol. The molecule has 6 heteroatoms. The highest BCUT2D eigenvalue weighted by atomic mass is 16.6. The van der Waals surface area contributed by atoms with Crippen LogP contribution in [0.4, 0.5) is 0 Å². The summed E-state index contributed by atoms with van der Waals surface area (Å²) in [6, 6.07) is 0. The van der Waals surface area contributed by atoms with Crippen LogP contribution < -0.4 is 0 Å². The molecule has 4 fully saturated rings. The van der Waals surface area contributed by atoms with Crippen LogP contribution in [0.5, 0.6) is 0 Å². The molecule has 0 aromatic rings. The van der Waals surface area contributed by atoms with Crippen LogP contribution in [0, 0.1) is 17.8 Å². The molecule has 26 heavy (non-hydrogen) atoms. The lowest BCUT2D eigenvalue weighted by Gasteiger charge is -2.43. The minimum atomic E-state index is -0.559. The number of ether oxygens (including phenoxy) is 2. The number of amides is 2. The Kier molecular flexibility index (Phi) is 5.24. The molecule has 2 amide bonds. The molecule has 2 heterocycles. The molecule has 2 aliphatic carbocycles. The second-order valence-electron chi connectivity index (χ2n) is 8.96. The van der Waals surface area contributed by atoms with Crippen molar-refractivity contribution in [3.63, 3.8) is 0 Å². The summed E-state index contributed by atoms with van der Waals surface area (Å²) in [4.78, 5) is 29.3. The Labute approximate surface area is 156 Å². The average Bonchev–Trinajstić information content (AvgIpc) is 3.46. The van der Waals surface area contributed by atoms with Crippen LogP contribution in [-0.2, 0) is 19.1 Å². The first kappa shape index (κ1) is 18.2. The molecule has 1 atom stereocenters. The van der Waals surface area contributed by atoms with Crippen molar-refractivity contribution in [2.24, 2.45) is 17.8 Å². The number of carbonyl (C=O) groups is 2. The van der Waals surface area contributed by atoms with Gasteiger partial charge in [-0.15, -0.1) is 0 Å². The van der Waals surface area contributed by atoms with Crippen LogP contribution in [0.25, 0.3) is 0 Å². The fraction of sp³-hybridized carbons (Fsp3) is 0.900. The Hall–Kier alpha value is -1.14. The van der Waals surface area contributed by atoms with E-state index in [9.17, 15) is 9.59 Å². The molecule has 0 aromatic carbocycles. The van der Waals surface area contributed by atoms with Crippen molar-refractivity contribution < 1.29 is 19.1 Å². The summed E-state index contributed by atoms with van der Waals surface area (Å²) < 4.78 is 11.8. The number of nitrogens with zero attached hydrogens (tertiary/aromatic N) is 2. The highest BCUT2D eigenvalue weighted by molar-refractivity contribution is 5.80. The van der Waals surface area contributed by atoms with Gasteiger partial charge in [0.1, 0.15) is 12.2 Å². The van der Waals surface area contributed by atoms with Gasteiger partial charge in [-0.05, 0) is 50.4 Å². The number of rotatable bonds is 3. The maximum Gasteiger partial charge on any atom is 0.248 e. The number of hydrogen-bond acceptors (Lipinski definition) is 4. The maximum atomic E-state index is 13.1. The molecule has 6 nitrogen and oxygen atoms in total. The molecular formula is C20H32N2O4. The van der Waals surface area contributed by atoms with Gasteiger partial charge >= 0.3 is 0 Å². The third-order valence-corrected chi connectivity index (χ3v) is 6.54. The second kappa shape index (κ2) is 7.47. The SMILES string of the molecule is CC1CCC(C(=O)N2CCOCC3(CN(CC4CC4)C(=O)CO3)C2)CC1. The van der Waals surface area contributed by atoms with E-state index in [0.717, 1.165) is 38.1 Å². The van der Waals surface area contributed by atoms with Gasteiger partial charge in [-0.1, -0.05) is 6.92 Å². The van der Waals surface area contributed by atoms with Crippen molar-refractivity contribution >= 4 is 11.8 Å². The molecule has 0 N–H and O–H groups in total.